The Morgan fingerprint density at radius 3 is 2.42 bits per heavy atom. The van der Waals surface area contributed by atoms with Gasteiger partial charge in [0, 0.05) is 11.8 Å². The molecule has 1 N–H and O–H groups in total. The van der Waals surface area contributed by atoms with E-state index in [0.717, 1.165) is 9.80 Å². The zero-order valence-electron chi connectivity index (χ0n) is 20.7. The second kappa shape index (κ2) is 8.85. The average Bonchev–Trinajstić information content (AvgIpc) is 2.95. The molecule has 3 aromatic rings. The highest BCUT2D eigenvalue weighted by Crippen LogP contribution is 2.34. The summed E-state index contributed by atoms with van der Waals surface area (Å²) in [5, 5.41) is 7.71. The zero-order valence-corrected chi connectivity index (χ0v) is 20.7. The summed E-state index contributed by atoms with van der Waals surface area (Å²) in [5.41, 5.74) is -1.60. The van der Waals surface area contributed by atoms with Gasteiger partial charge in [-0.3, -0.25) is 19.3 Å². The molecule has 2 heterocycles. The molecule has 0 bridgehead atoms. The van der Waals surface area contributed by atoms with Crippen LogP contribution in [0.4, 0.5) is 14.9 Å². The predicted octanol–water partition coefficient (Wildman–Crippen LogP) is 3.54. The number of halogens is 1. The molecule has 10 heteroatoms. The number of ether oxygens (including phenoxy) is 1. The van der Waals surface area contributed by atoms with E-state index >= 15 is 0 Å². The maximum Gasteiger partial charge on any atom is 0.332 e. The fourth-order valence-corrected chi connectivity index (χ4v) is 4.16. The summed E-state index contributed by atoms with van der Waals surface area (Å²) >= 11 is 0. The first-order valence-electron chi connectivity index (χ1n) is 11.4. The molecule has 1 aliphatic heterocycles. The summed E-state index contributed by atoms with van der Waals surface area (Å²) < 4.78 is 20.3. The Bertz CT molecular complexity index is 1440. The Morgan fingerprint density at radius 1 is 1.08 bits per heavy atom. The number of fused-ring (bicyclic) bond motifs is 1. The molecule has 0 radical (unpaired) electrons. The van der Waals surface area contributed by atoms with Crippen molar-refractivity contribution >= 4 is 34.4 Å². The van der Waals surface area contributed by atoms with Crippen molar-refractivity contribution in [1.82, 2.24) is 15.1 Å². The number of anilines is 1. The van der Waals surface area contributed by atoms with E-state index in [1.807, 2.05) is 0 Å². The van der Waals surface area contributed by atoms with Crippen LogP contribution in [0.15, 0.2) is 47.3 Å². The van der Waals surface area contributed by atoms with Gasteiger partial charge in [-0.1, -0.05) is 24.3 Å². The molecule has 0 spiro atoms. The molecule has 0 unspecified atom stereocenters. The summed E-state index contributed by atoms with van der Waals surface area (Å²) in [5.74, 6) is -2.11. The van der Waals surface area contributed by atoms with E-state index in [2.05, 4.69) is 10.2 Å². The minimum Gasteiger partial charge on any atom is -0.459 e. The number of urea groups is 1. The van der Waals surface area contributed by atoms with E-state index in [9.17, 15) is 23.6 Å². The van der Waals surface area contributed by atoms with E-state index in [4.69, 9.17) is 4.74 Å². The normalized spacial score (nSPS) is 15.6. The number of rotatable bonds is 5. The van der Waals surface area contributed by atoms with Crippen LogP contribution in [0.2, 0.25) is 0 Å². The van der Waals surface area contributed by atoms with Crippen LogP contribution in [0.5, 0.6) is 0 Å². The van der Waals surface area contributed by atoms with Crippen LogP contribution in [0.1, 0.15) is 45.9 Å². The van der Waals surface area contributed by atoms with Crippen molar-refractivity contribution in [2.45, 2.75) is 52.2 Å². The molecule has 1 aliphatic rings. The van der Waals surface area contributed by atoms with E-state index in [1.165, 1.54) is 32.0 Å². The van der Waals surface area contributed by atoms with Gasteiger partial charge < -0.3 is 4.74 Å². The number of hydrogen-bond acceptors (Lipinski definition) is 6. The van der Waals surface area contributed by atoms with Crippen LogP contribution < -0.4 is 10.5 Å². The number of imide groups is 1. The molecule has 4 rings (SSSR count). The van der Waals surface area contributed by atoms with Gasteiger partial charge in [-0.05, 0) is 58.4 Å². The van der Waals surface area contributed by atoms with Crippen molar-refractivity contribution in [3.8, 4) is 0 Å². The third kappa shape index (κ3) is 4.58. The second-order valence-electron chi connectivity index (χ2n) is 10.2. The van der Waals surface area contributed by atoms with E-state index < -0.39 is 41.4 Å². The van der Waals surface area contributed by atoms with Gasteiger partial charge in [-0.15, -0.1) is 0 Å². The van der Waals surface area contributed by atoms with Gasteiger partial charge in [-0.2, -0.15) is 5.10 Å². The predicted molar refractivity (Wildman–Crippen MR) is 131 cm³/mol. The third-order valence-electron chi connectivity index (χ3n) is 5.93. The zero-order chi connectivity index (χ0) is 26.4. The minimum absolute atomic E-state index is 0.214. The highest BCUT2D eigenvalue weighted by Gasteiger charge is 2.53. The molecular weight excluding hydrogens is 467 g/mol. The van der Waals surface area contributed by atoms with Gasteiger partial charge in [0.2, 0.25) is 0 Å². The van der Waals surface area contributed by atoms with Crippen LogP contribution in [0.25, 0.3) is 10.8 Å². The number of nitrogens with zero attached hydrogens (tertiary/aromatic N) is 3. The Hall–Kier alpha value is -4.08. The fraction of sp³-hybridized carbons (Fsp3) is 0.346. The lowest BCUT2D eigenvalue weighted by atomic mass is 10.0. The Balaban J connectivity index is 1.67. The topological polar surface area (TPSA) is 113 Å². The van der Waals surface area contributed by atoms with Crippen molar-refractivity contribution in [3.05, 3.63) is 69.9 Å². The second-order valence-corrected chi connectivity index (χ2v) is 10.2. The number of H-pyrrole nitrogens is 1. The maximum atomic E-state index is 15.0. The molecule has 1 saturated heterocycles. The molecule has 188 valence electrons. The minimum atomic E-state index is -1.40. The van der Waals surface area contributed by atoms with Crippen molar-refractivity contribution in [2.75, 3.05) is 11.4 Å². The summed E-state index contributed by atoms with van der Waals surface area (Å²) in [6, 6.07) is 10.2. The summed E-state index contributed by atoms with van der Waals surface area (Å²) in [4.78, 5) is 52.8. The Kier molecular flexibility index (Phi) is 6.15. The number of amides is 3. The SMILES string of the molecule is CC(C)(C)OC(=O)CN1C(=O)N(c2cc(Cc3n[nH]c(=O)c4ccccc34)ccc2F)C(=O)C1(C)C. The van der Waals surface area contributed by atoms with Gasteiger partial charge >= 0.3 is 12.0 Å². The molecule has 1 aromatic heterocycles. The van der Waals surface area contributed by atoms with Crippen LogP contribution >= 0.6 is 0 Å². The van der Waals surface area contributed by atoms with E-state index in [0.29, 0.717) is 22.0 Å². The highest BCUT2D eigenvalue weighted by atomic mass is 19.1. The van der Waals surface area contributed by atoms with Gasteiger partial charge in [0.15, 0.2) is 0 Å². The van der Waals surface area contributed by atoms with Crippen molar-refractivity contribution < 1.29 is 23.5 Å². The van der Waals surface area contributed by atoms with Crippen molar-refractivity contribution in [2.24, 2.45) is 0 Å². The standard InChI is InChI=1S/C26H27FN4O5/c1-25(2,3)36-21(32)14-30-24(35)31(23(34)26(30,4)5)20-13-15(10-11-18(20)27)12-19-16-8-6-7-9-17(16)22(33)29-28-19/h6-11,13H,12,14H2,1-5H3,(H,29,33). The number of carbonyl (C=O) groups is 3. The molecule has 0 atom stereocenters. The average molecular weight is 495 g/mol. The summed E-state index contributed by atoms with van der Waals surface area (Å²) in [6.45, 7) is 7.62. The highest BCUT2D eigenvalue weighted by molar-refractivity contribution is 6.23. The smallest absolute Gasteiger partial charge is 0.332 e. The molecule has 2 aromatic carbocycles. The number of hydrogen-bond donors (Lipinski definition) is 1. The first-order chi connectivity index (χ1) is 16.8. The number of aromatic nitrogens is 2. The van der Waals surface area contributed by atoms with Crippen molar-refractivity contribution in [1.29, 1.82) is 0 Å². The molecule has 0 aliphatic carbocycles. The number of esters is 1. The Labute approximate surface area is 206 Å². The first kappa shape index (κ1) is 25.0. The number of nitrogens with one attached hydrogen (secondary N) is 1. The van der Waals surface area contributed by atoms with Crippen LogP contribution in [0, 0.1) is 5.82 Å². The van der Waals surface area contributed by atoms with Crippen LogP contribution in [-0.2, 0) is 20.7 Å². The molecule has 3 amide bonds. The molecule has 1 fully saturated rings. The lowest BCUT2D eigenvalue weighted by Gasteiger charge is -2.28. The fourth-order valence-electron chi connectivity index (χ4n) is 4.16. The maximum absolute atomic E-state index is 15.0. The van der Waals surface area contributed by atoms with E-state index in [-0.39, 0.29) is 17.7 Å². The Morgan fingerprint density at radius 2 is 1.75 bits per heavy atom. The van der Waals surface area contributed by atoms with Gasteiger partial charge in [-0.25, -0.2) is 19.2 Å². The first-order valence-corrected chi connectivity index (χ1v) is 11.4. The van der Waals surface area contributed by atoms with Crippen molar-refractivity contribution in [3.63, 3.8) is 0 Å². The number of aromatic amines is 1. The number of carbonyl (C=O) groups excluding carboxylic acids is 3. The molecule has 0 saturated carbocycles. The van der Waals surface area contributed by atoms with Gasteiger partial charge in [0.05, 0.1) is 16.8 Å². The number of benzene rings is 2. The molecule has 9 nitrogen and oxygen atoms in total. The van der Waals surface area contributed by atoms with Gasteiger partial charge in [0.1, 0.15) is 23.5 Å². The largest absolute Gasteiger partial charge is 0.459 e. The summed E-state index contributed by atoms with van der Waals surface area (Å²) in [7, 11) is 0. The quantitative estimate of drug-likeness (QED) is 0.429. The van der Waals surface area contributed by atoms with Crippen LogP contribution in [0.3, 0.4) is 0 Å². The monoisotopic (exact) mass is 494 g/mol. The lowest BCUT2D eigenvalue weighted by Crippen LogP contribution is -2.47. The third-order valence-corrected chi connectivity index (χ3v) is 5.93. The summed E-state index contributed by atoms with van der Waals surface area (Å²) in [6.07, 6.45) is 0.214. The van der Waals surface area contributed by atoms with E-state index in [1.54, 1.807) is 45.0 Å². The molecular formula is C26H27FN4O5. The molecule has 36 heavy (non-hydrogen) atoms. The van der Waals surface area contributed by atoms with Gasteiger partial charge in [0.25, 0.3) is 11.5 Å². The van der Waals surface area contributed by atoms with Crippen LogP contribution in [-0.4, -0.2) is 50.7 Å². The lowest BCUT2D eigenvalue weighted by molar-refractivity contribution is -0.156.